The molecule has 6 rings (SSSR count). The van der Waals surface area contributed by atoms with E-state index in [1.165, 1.54) is 42.2 Å². The van der Waals surface area contributed by atoms with Gasteiger partial charge >= 0.3 is 0 Å². The average Bonchev–Trinajstić information content (AvgIpc) is 3.48. The minimum absolute atomic E-state index is 0.481. The summed E-state index contributed by atoms with van der Waals surface area (Å²) in [6, 6.07) is 12.2. The molecule has 31 heavy (non-hydrogen) atoms. The molecule has 2 aliphatic rings. The lowest BCUT2D eigenvalue weighted by atomic mass is 9.97. The maximum Gasteiger partial charge on any atom is 0.145 e. The van der Waals surface area contributed by atoms with Gasteiger partial charge in [0, 0.05) is 23.7 Å². The van der Waals surface area contributed by atoms with Crippen LogP contribution in [0.5, 0.6) is 0 Å². The van der Waals surface area contributed by atoms with Gasteiger partial charge in [-0.05, 0) is 80.7 Å². The molecule has 6 heteroatoms. The van der Waals surface area contributed by atoms with Gasteiger partial charge in [0.05, 0.1) is 10.9 Å². The Bertz CT molecular complexity index is 1280. The highest BCUT2D eigenvalue weighted by atomic mass is 15.1. The van der Waals surface area contributed by atoms with Crippen molar-refractivity contribution in [3.05, 3.63) is 54.0 Å². The van der Waals surface area contributed by atoms with Crippen LogP contribution in [-0.2, 0) is 12.8 Å². The quantitative estimate of drug-likeness (QED) is 0.499. The number of fused-ring (bicyclic) bond motifs is 3. The van der Waals surface area contributed by atoms with E-state index in [4.69, 9.17) is 10.7 Å². The molecule has 3 atom stereocenters. The number of rotatable bonds is 4. The first-order chi connectivity index (χ1) is 15.1. The summed E-state index contributed by atoms with van der Waals surface area (Å²) in [5.41, 5.74) is 10.8. The molecule has 3 N–H and O–H groups in total. The third-order valence-corrected chi connectivity index (χ3v) is 7.16. The number of nitrogen functional groups attached to an aromatic ring is 1. The van der Waals surface area contributed by atoms with Crippen LogP contribution in [0, 0.1) is 5.92 Å². The van der Waals surface area contributed by atoms with Gasteiger partial charge in [0.15, 0.2) is 0 Å². The predicted octanol–water partition coefficient (Wildman–Crippen LogP) is 4.89. The topological polar surface area (TPSA) is 81.7 Å². The fraction of sp³-hybridized carbons (Fsp3) is 0.400. The average molecular weight is 413 g/mol. The fourth-order valence-corrected chi connectivity index (χ4v) is 5.53. The van der Waals surface area contributed by atoms with Crippen molar-refractivity contribution in [2.45, 2.75) is 57.5 Å². The lowest BCUT2D eigenvalue weighted by molar-refractivity contribution is 0.461. The van der Waals surface area contributed by atoms with E-state index in [1.54, 1.807) is 6.33 Å². The summed E-state index contributed by atoms with van der Waals surface area (Å²) in [4.78, 5) is 13.5. The molecule has 1 fully saturated rings. The van der Waals surface area contributed by atoms with E-state index < -0.39 is 0 Å². The van der Waals surface area contributed by atoms with Gasteiger partial charge in [-0.25, -0.2) is 15.0 Å². The van der Waals surface area contributed by atoms with E-state index in [9.17, 15) is 0 Å². The maximum atomic E-state index is 6.01. The highest BCUT2D eigenvalue weighted by molar-refractivity contribution is 5.86. The van der Waals surface area contributed by atoms with Crippen LogP contribution in [0.3, 0.4) is 0 Å². The Morgan fingerprint density at radius 1 is 1.16 bits per heavy atom. The number of benzene rings is 1. The summed E-state index contributed by atoms with van der Waals surface area (Å²) >= 11 is 0. The van der Waals surface area contributed by atoms with Crippen molar-refractivity contribution in [2.75, 3.05) is 11.1 Å². The first-order valence-corrected chi connectivity index (χ1v) is 11.4. The molecule has 0 saturated heterocycles. The molecular formula is C25H28N6. The van der Waals surface area contributed by atoms with Crippen LogP contribution >= 0.6 is 0 Å². The molecule has 1 aliphatic heterocycles. The van der Waals surface area contributed by atoms with E-state index in [2.05, 4.69) is 57.2 Å². The molecule has 158 valence electrons. The molecule has 1 aliphatic carbocycles. The number of pyridine rings is 1. The number of aromatic nitrogens is 4. The van der Waals surface area contributed by atoms with E-state index >= 15 is 0 Å². The molecule has 4 heterocycles. The van der Waals surface area contributed by atoms with E-state index in [0.717, 1.165) is 41.1 Å². The monoisotopic (exact) mass is 412 g/mol. The Labute approximate surface area is 181 Å². The van der Waals surface area contributed by atoms with Gasteiger partial charge in [-0.2, -0.15) is 0 Å². The molecule has 1 saturated carbocycles. The van der Waals surface area contributed by atoms with Crippen LogP contribution < -0.4 is 11.1 Å². The Morgan fingerprint density at radius 3 is 3.03 bits per heavy atom. The van der Waals surface area contributed by atoms with Crippen LogP contribution in [-0.4, -0.2) is 25.6 Å². The summed E-state index contributed by atoms with van der Waals surface area (Å²) in [6.45, 7) is 2.21. The van der Waals surface area contributed by atoms with Gasteiger partial charge in [-0.3, -0.25) is 0 Å². The van der Waals surface area contributed by atoms with Gasteiger partial charge in [0.25, 0.3) is 0 Å². The summed E-state index contributed by atoms with van der Waals surface area (Å²) in [5.74, 6) is 2.38. The summed E-state index contributed by atoms with van der Waals surface area (Å²) in [6.07, 6.45) is 10.8. The second-order valence-corrected chi connectivity index (χ2v) is 9.36. The Hall–Kier alpha value is -3.15. The molecule has 6 nitrogen and oxygen atoms in total. The van der Waals surface area contributed by atoms with E-state index in [1.807, 2.05) is 6.07 Å². The van der Waals surface area contributed by atoms with Crippen molar-refractivity contribution in [1.82, 2.24) is 19.5 Å². The molecule has 0 radical (unpaired) electrons. The number of hydrogen-bond acceptors (Lipinski definition) is 5. The number of nitrogens with two attached hydrogens (primary N) is 1. The van der Waals surface area contributed by atoms with Crippen LogP contribution in [0.25, 0.3) is 21.9 Å². The second kappa shape index (κ2) is 7.22. The normalized spacial score (nSPS) is 22.8. The lowest BCUT2D eigenvalue weighted by Crippen LogP contribution is -2.08. The van der Waals surface area contributed by atoms with Gasteiger partial charge in [-0.15, -0.1) is 0 Å². The molecule has 0 amide bonds. The van der Waals surface area contributed by atoms with Crippen molar-refractivity contribution in [2.24, 2.45) is 5.92 Å². The van der Waals surface area contributed by atoms with Crippen LogP contribution in [0.1, 0.15) is 49.8 Å². The lowest BCUT2D eigenvalue weighted by Gasteiger charge is -2.14. The van der Waals surface area contributed by atoms with Crippen molar-refractivity contribution >= 4 is 33.6 Å². The van der Waals surface area contributed by atoms with Gasteiger partial charge in [-0.1, -0.05) is 12.1 Å². The number of nitrogens with zero attached hydrogens (tertiary/aromatic N) is 4. The second-order valence-electron chi connectivity index (χ2n) is 9.36. The Morgan fingerprint density at radius 2 is 2.10 bits per heavy atom. The van der Waals surface area contributed by atoms with Gasteiger partial charge in [0.1, 0.15) is 23.6 Å². The number of anilines is 2. The van der Waals surface area contributed by atoms with Crippen LogP contribution in [0.4, 0.5) is 11.6 Å². The largest absolute Gasteiger partial charge is 0.383 e. The highest BCUT2D eigenvalue weighted by Gasteiger charge is 2.27. The zero-order valence-electron chi connectivity index (χ0n) is 17.9. The fourth-order valence-electron chi connectivity index (χ4n) is 5.53. The number of aryl methyl sites for hydroxylation is 1. The van der Waals surface area contributed by atoms with Gasteiger partial charge in [0.2, 0.25) is 0 Å². The van der Waals surface area contributed by atoms with Crippen LogP contribution in [0.15, 0.2) is 42.9 Å². The first kappa shape index (κ1) is 18.6. The molecule has 2 unspecified atom stereocenters. The van der Waals surface area contributed by atoms with E-state index in [0.29, 0.717) is 17.9 Å². The molecule has 1 aromatic carbocycles. The number of nitrogens with one attached hydrogen (secondary N) is 1. The van der Waals surface area contributed by atoms with Crippen molar-refractivity contribution in [3.8, 4) is 0 Å². The summed E-state index contributed by atoms with van der Waals surface area (Å²) < 4.78 is 2.31. The SMILES string of the molecule is C[C@@H]1Cc2cc3ccc(CCC4CCC(n5ccc6c(N)ncnc65)C4)cc3nc2N1. The third kappa shape index (κ3) is 3.30. The molecule has 3 aromatic heterocycles. The van der Waals surface area contributed by atoms with Crippen molar-refractivity contribution in [3.63, 3.8) is 0 Å². The van der Waals surface area contributed by atoms with Crippen molar-refractivity contribution < 1.29 is 0 Å². The minimum atomic E-state index is 0.481. The van der Waals surface area contributed by atoms with Crippen LogP contribution in [0.2, 0.25) is 0 Å². The highest BCUT2D eigenvalue weighted by Crippen LogP contribution is 2.39. The van der Waals surface area contributed by atoms with Crippen molar-refractivity contribution in [1.29, 1.82) is 0 Å². The van der Waals surface area contributed by atoms with E-state index in [-0.39, 0.29) is 0 Å². The summed E-state index contributed by atoms with van der Waals surface area (Å²) in [5, 5.41) is 5.70. The zero-order valence-corrected chi connectivity index (χ0v) is 17.9. The first-order valence-electron chi connectivity index (χ1n) is 11.4. The smallest absolute Gasteiger partial charge is 0.145 e. The zero-order chi connectivity index (χ0) is 20.9. The standard InChI is InChI=1S/C25H28N6/c1-15-10-19-13-18-6-4-17(12-22(18)30-24(19)29-15)3-2-16-5-7-20(11-16)31-9-8-21-23(26)27-14-28-25(21)31/h4,6,8-9,12-16,20H,2-3,5,7,10-11H2,1H3,(H,29,30)(H2,26,27,28)/t15-,16?,20?/m1/s1. The third-order valence-electron chi connectivity index (χ3n) is 7.16. The molecule has 0 bridgehead atoms. The maximum absolute atomic E-state index is 6.01. The molecule has 0 spiro atoms. The minimum Gasteiger partial charge on any atom is -0.383 e. The summed E-state index contributed by atoms with van der Waals surface area (Å²) in [7, 11) is 0. The Kier molecular flexibility index (Phi) is 4.33. The number of hydrogen-bond donors (Lipinski definition) is 2. The Balaban J connectivity index is 1.14. The predicted molar refractivity (Wildman–Crippen MR) is 125 cm³/mol. The molecular weight excluding hydrogens is 384 g/mol. The molecule has 4 aromatic rings. The van der Waals surface area contributed by atoms with Gasteiger partial charge < -0.3 is 15.6 Å².